The van der Waals surface area contributed by atoms with Crippen LogP contribution in [0.5, 0.6) is 0 Å². The SMILES string of the molecule is CCn1cc(-c2cc(C(=O)Nc3cc(F)ccc3N3CCCC3)no2)cn1. The van der Waals surface area contributed by atoms with E-state index in [1.165, 1.54) is 12.1 Å². The van der Waals surface area contributed by atoms with Crippen LogP contribution >= 0.6 is 0 Å². The van der Waals surface area contributed by atoms with Crippen molar-refractivity contribution in [3.05, 3.63) is 48.2 Å². The molecule has 8 heteroatoms. The van der Waals surface area contributed by atoms with Crippen LogP contribution in [-0.2, 0) is 6.54 Å². The molecule has 0 saturated carbocycles. The van der Waals surface area contributed by atoms with Crippen LogP contribution < -0.4 is 10.2 Å². The maximum Gasteiger partial charge on any atom is 0.277 e. The number of rotatable bonds is 5. The summed E-state index contributed by atoms with van der Waals surface area (Å²) in [6.45, 7) is 4.50. The second kappa shape index (κ2) is 7.22. The molecule has 140 valence electrons. The van der Waals surface area contributed by atoms with E-state index in [-0.39, 0.29) is 5.69 Å². The van der Waals surface area contributed by atoms with E-state index in [0.717, 1.165) is 43.7 Å². The number of halogens is 1. The molecule has 4 rings (SSSR count). The summed E-state index contributed by atoms with van der Waals surface area (Å²) in [5.41, 5.74) is 2.12. The van der Waals surface area contributed by atoms with Gasteiger partial charge in [-0.05, 0) is 38.0 Å². The highest BCUT2D eigenvalue weighted by Crippen LogP contribution is 2.30. The van der Waals surface area contributed by atoms with Gasteiger partial charge < -0.3 is 14.7 Å². The molecule has 0 radical (unpaired) electrons. The number of nitrogens with one attached hydrogen (secondary N) is 1. The molecule has 3 heterocycles. The van der Waals surface area contributed by atoms with Gasteiger partial charge in [0.25, 0.3) is 5.91 Å². The Bertz CT molecular complexity index is 959. The molecular weight excluding hydrogens is 349 g/mol. The van der Waals surface area contributed by atoms with Gasteiger partial charge in [0.05, 0.1) is 23.1 Å². The number of hydrogen-bond acceptors (Lipinski definition) is 5. The van der Waals surface area contributed by atoms with Gasteiger partial charge in [-0.3, -0.25) is 9.48 Å². The summed E-state index contributed by atoms with van der Waals surface area (Å²) in [4.78, 5) is 14.7. The largest absolute Gasteiger partial charge is 0.370 e. The van der Waals surface area contributed by atoms with Crippen molar-refractivity contribution in [1.82, 2.24) is 14.9 Å². The number of aromatic nitrogens is 3. The van der Waals surface area contributed by atoms with Crippen LogP contribution in [0.3, 0.4) is 0 Å². The molecule has 0 aliphatic carbocycles. The Hall–Kier alpha value is -3.16. The first kappa shape index (κ1) is 17.3. The Morgan fingerprint density at radius 2 is 2.11 bits per heavy atom. The lowest BCUT2D eigenvalue weighted by Gasteiger charge is -2.21. The third-order valence-electron chi connectivity index (χ3n) is 4.64. The number of aryl methyl sites for hydroxylation is 1. The fraction of sp³-hybridized carbons (Fsp3) is 0.316. The summed E-state index contributed by atoms with van der Waals surface area (Å²) in [6.07, 6.45) is 5.65. The predicted octanol–water partition coefficient (Wildman–Crippen LogP) is 3.55. The zero-order valence-corrected chi connectivity index (χ0v) is 15.0. The van der Waals surface area contributed by atoms with E-state index in [0.29, 0.717) is 11.4 Å². The van der Waals surface area contributed by atoms with Crippen LogP contribution in [0, 0.1) is 5.82 Å². The van der Waals surface area contributed by atoms with E-state index in [1.807, 2.05) is 13.1 Å². The van der Waals surface area contributed by atoms with Crippen LogP contribution in [0.2, 0.25) is 0 Å². The molecule has 1 aliphatic heterocycles. The zero-order chi connectivity index (χ0) is 18.8. The van der Waals surface area contributed by atoms with Crippen molar-refractivity contribution < 1.29 is 13.7 Å². The van der Waals surface area contributed by atoms with E-state index in [2.05, 4.69) is 20.5 Å². The lowest BCUT2D eigenvalue weighted by atomic mass is 10.2. The van der Waals surface area contributed by atoms with Crippen molar-refractivity contribution >= 4 is 17.3 Å². The van der Waals surface area contributed by atoms with E-state index in [4.69, 9.17) is 4.52 Å². The van der Waals surface area contributed by atoms with E-state index in [9.17, 15) is 9.18 Å². The smallest absolute Gasteiger partial charge is 0.277 e. The first-order valence-corrected chi connectivity index (χ1v) is 8.99. The normalized spacial score (nSPS) is 13.9. The number of nitrogens with zero attached hydrogens (tertiary/aromatic N) is 4. The highest BCUT2D eigenvalue weighted by atomic mass is 19.1. The molecule has 1 saturated heterocycles. The first-order chi connectivity index (χ1) is 13.1. The first-order valence-electron chi connectivity index (χ1n) is 8.99. The second-order valence-electron chi connectivity index (χ2n) is 6.47. The Kier molecular flexibility index (Phi) is 4.62. The Morgan fingerprint density at radius 1 is 1.30 bits per heavy atom. The highest BCUT2D eigenvalue weighted by Gasteiger charge is 2.20. The van der Waals surface area contributed by atoms with E-state index >= 15 is 0 Å². The van der Waals surface area contributed by atoms with Gasteiger partial charge in [0.2, 0.25) is 0 Å². The maximum absolute atomic E-state index is 13.7. The monoisotopic (exact) mass is 369 g/mol. The number of amides is 1. The van der Waals surface area contributed by atoms with Crippen LogP contribution in [0.25, 0.3) is 11.3 Å². The molecule has 1 aliphatic rings. The van der Waals surface area contributed by atoms with Crippen molar-refractivity contribution in [3.63, 3.8) is 0 Å². The van der Waals surface area contributed by atoms with Crippen molar-refractivity contribution in [3.8, 4) is 11.3 Å². The van der Waals surface area contributed by atoms with Gasteiger partial charge in [-0.25, -0.2) is 4.39 Å². The molecule has 1 amide bonds. The molecular formula is C19H20FN5O2. The van der Waals surface area contributed by atoms with Gasteiger partial charge >= 0.3 is 0 Å². The van der Waals surface area contributed by atoms with Crippen LogP contribution in [0.15, 0.2) is 41.2 Å². The standard InChI is InChI=1S/C19H20FN5O2/c1-2-25-12-13(11-21-25)18-10-16(23-27-18)19(26)22-15-9-14(20)5-6-17(15)24-7-3-4-8-24/h5-6,9-12H,2-4,7-8H2,1H3,(H,22,26). The number of hydrogen-bond donors (Lipinski definition) is 1. The molecule has 1 fully saturated rings. The van der Waals surface area contributed by atoms with E-state index in [1.54, 1.807) is 23.0 Å². The third kappa shape index (κ3) is 3.55. The summed E-state index contributed by atoms with van der Waals surface area (Å²) in [7, 11) is 0. The van der Waals surface area contributed by atoms with Crippen molar-refractivity contribution in [2.24, 2.45) is 0 Å². The van der Waals surface area contributed by atoms with Crippen molar-refractivity contribution in [2.75, 3.05) is 23.3 Å². The summed E-state index contributed by atoms with van der Waals surface area (Å²) in [6, 6.07) is 5.99. The van der Waals surface area contributed by atoms with Gasteiger partial charge in [0.15, 0.2) is 11.5 Å². The molecule has 7 nitrogen and oxygen atoms in total. The quantitative estimate of drug-likeness (QED) is 0.744. The van der Waals surface area contributed by atoms with E-state index < -0.39 is 11.7 Å². The molecule has 0 bridgehead atoms. The summed E-state index contributed by atoms with van der Waals surface area (Å²) >= 11 is 0. The van der Waals surface area contributed by atoms with Gasteiger partial charge in [0, 0.05) is 31.9 Å². The van der Waals surface area contributed by atoms with Crippen LogP contribution in [-0.4, -0.2) is 33.9 Å². The molecule has 2 aromatic heterocycles. The topological polar surface area (TPSA) is 76.2 Å². The lowest BCUT2D eigenvalue weighted by Crippen LogP contribution is -2.21. The zero-order valence-electron chi connectivity index (χ0n) is 15.0. The Morgan fingerprint density at radius 3 is 2.85 bits per heavy atom. The van der Waals surface area contributed by atoms with Gasteiger partial charge in [-0.15, -0.1) is 0 Å². The number of anilines is 2. The minimum Gasteiger partial charge on any atom is -0.370 e. The highest BCUT2D eigenvalue weighted by molar-refractivity contribution is 6.05. The fourth-order valence-electron chi connectivity index (χ4n) is 3.21. The molecule has 0 unspecified atom stereocenters. The molecule has 0 atom stereocenters. The fourth-order valence-corrected chi connectivity index (χ4v) is 3.21. The predicted molar refractivity (Wildman–Crippen MR) is 99.2 cm³/mol. The second-order valence-corrected chi connectivity index (χ2v) is 6.47. The molecule has 27 heavy (non-hydrogen) atoms. The van der Waals surface area contributed by atoms with Gasteiger partial charge in [0.1, 0.15) is 5.82 Å². The van der Waals surface area contributed by atoms with Crippen molar-refractivity contribution in [1.29, 1.82) is 0 Å². The third-order valence-corrected chi connectivity index (χ3v) is 4.64. The lowest BCUT2D eigenvalue weighted by molar-refractivity contribution is 0.101. The van der Waals surface area contributed by atoms with Crippen LogP contribution in [0.1, 0.15) is 30.3 Å². The number of carbonyl (C=O) groups is 1. The minimum absolute atomic E-state index is 0.130. The molecule has 1 N–H and O–H groups in total. The summed E-state index contributed by atoms with van der Waals surface area (Å²) < 4.78 is 20.8. The molecule has 3 aromatic rings. The van der Waals surface area contributed by atoms with Gasteiger partial charge in [-0.1, -0.05) is 5.16 Å². The van der Waals surface area contributed by atoms with Crippen LogP contribution in [0.4, 0.5) is 15.8 Å². The summed E-state index contributed by atoms with van der Waals surface area (Å²) in [5.74, 6) is -0.390. The van der Waals surface area contributed by atoms with Crippen molar-refractivity contribution in [2.45, 2.75) is 26.3 Å². The number of benzene rings is 1. The molecule has 1 aromatic carbocycles. The van der Waals surface area contributed by atoms with Gasteiger partial charge in [-0.2, -0.15) is 5.10 Å². The summed E-state index contributed by atoms with van der Waals surface area (Å²) in [5, 5.41) is 10.8. The average Bonchev–Trinajstić information content (AvgIpc) is 3.41. The minimum atomic E-state index is -0.445. The maximum atomic E-state index is 13.7. The molecule has 0 spiro atoms. The average molecular weight is 369 g/mol. The Balaban J connectivity index is 1.55. The Labute approximate surface area is 155 Å². The number of carbonyl (C=O) groups excluding carboxylic acids is 1.